The lowest BCUT2D eigenvalue weighted by Gasteiger charge is -2.47. The Morgan fingerprint density at radius 1 is 1.35 bits per heavy atom. The number of hydrazone groups is 1. The Balaban J connectivity index is 1.67. The first-order valence-electron chi connectivity index (χ1n) is 10.1. The second kappa shape index (κ2) is 9.92. The van der Waals surface area contributed by atoms with Crippen molar-refractivity contribution >= 4 is 61.3 Å². The van der Waals surface area contributed by atoms with Gasteiger partial charge in [-0.2, -0.15) is 5.10 Å². The molecule has 0 saturated carbocycles. The molecule has 2 aromatic rings. The molecule has 0 aromatic heterocycles. The van der Waals surface area contributed by atoms with Crippen LogP contribution in [-0.2, 0) is 4.79 Å². The fourth-order valence-electron chi connectivity index (χ4n) is 4.16. The molecule has 1 unspecified atom stereocenters. The molecule has 0 fully saturated rings. The normalized spacial score (nSPS) is 17.5. The van der Waals surface area contributed by atoms with Crippen molar-refractivity contribution in [3.05, 3.63) is 55.4 Å². The zero-order valence-corrected chi connectivity index (χ0v) is 21.9. The van der Waals surface area contributed by atoms with Gasteiger partial charge >= 0.3 is 0 Å². The summed E-state index contributed by atoms with van der Waals surface area (Å²) >= 11 is 13.3. The Labute approximate surface area is 205 Å². The third-order valence-electron chi connectivity index (χ3n) is 5.47. The lowest BCUT2D eigenvalue weighted by molar-refractivity contribution is -0.123. The monoisotopic (exact) mass is 569 g/mol. The number of hydrogen-bond acceptors (Lipinski definition) is 4. The van der Waals surface area contributed by atoms with Crippen molar-refractivity contribution in [2.75, 3.05) is 18.1 Å². The van der Waals surface area contributed by atoms with E-state index in [-0.39, 0.29) is 18.1 Å². The molecule has 31 heavy (non-hydrogen) atoms. The van der Waals surface area contributed by atoms with Gasteiger partial charge in [-0.05, 0) is 84.9 Å². The van der Waals surface area contributed by atoms with Crippen molar-refractivity contribution in [1.82, 2.24) is 5.43 Å². The third-order valence-corrected chi connectivity index (χ3v) is 6.91. The van der Waals surface area contributed by atoms with E-state index in [0.717, 1.165) is 27.5 Å². The van der Waals surface area contributed by atoms with Crippen LogP contribution >= 0.6 is 43.5 Å². The van der Waals surface area contributed by atoms with Gasteiger partial charge in [0.05, 0.1) is 15.7 Å². The molecule has 1 heterocycles. The summed E-state index contributed by atoms with van der Waals surface area (Å²) in [5, 5.41) is 4.68. The van der Waals surface area contributed by atoms with Gasteiger partial charge in [0, 0.05) is 27.8 Å². The summed E-state index contributed by atoms with van der Waals surface area (Å²) in [6.45, 7) is 9.71. The second-order valence-electron chi connectivity index (χ2n) is 8.25. The summed E-state index contributed by atoms with van der Waals surface area (Å²) in [4.78, 5) is 14.5. The zero-order valence-electron chi connectivity index (χ0n) is 18.0. The molecule has 2 aromatic carbocycles. The minimum Gasteiger partial charge on any atom is -0.483 e. The number of carbonyl (C=O) groups is 1. The highest BCUT2D eigenvalue weighted by Gasteiger charge is 2.35. The molecule has 0 aliphatic carbocycles. The van der Waals surface area contributed by atoms with Crippen molar-refractivity contribution < 1.29 is 9.53 Å². The molecule has 1 aliphatic heterocycles. The van der Waals surface area contributed by atoms with Gasteiger partial charge in [0.25, 0.3) is 5.91 Å². The molecule has 1 aliphatic rings. The first-order chi connectivity index (χ1) is 14.6. The summed E-state index contributed by atoms with van der Waals surface area (Å²) in [7, 11) is 0. The quantitative estimate of drug-likeness (QED) is 0.318. The molecule has 1 N–H and O–H groups in total. The number of carbonyl (C=O) groups excluding carboxylic acids is 1. The Kier molecular flexibility index (Phi) is 7.71. The van der Waals surface area contributed by atoms with E-state index in [2.05, 4.69) is 81.0 Å². The lowest BCUT2D eigenvalue weighted by Crippen LogP contribution is -2.48. The number of benzene rings is 2. The van der Waals surface area contributed by atoms with Crippen LogP contribution in [0.1, 0.15) is 51.2 Å². The summed E-state index contributed by atoms with van der Waals surface area (Å²) in [6.07, 6.45) is 2.64. The molecule has 0 spiro atoms. The molecular formula is C23H26Br2ClN3O2. The van der Waals surface area contributed by atoms with Crippen LogP contribution in [0.4, 0.5) is 5.69 Å². The lowest BCUT2D eigenvalue weighted by atomic mass is 9.79. The molecule has 5 nitrogen and oxygen atoms in total. The Morgan fingerprint density at radius 3 is 2.77 bits per heavy atom. The van der Waals surface area contributed by atoms with E-state index in [0.29, 0.717) is 16.7 Å². The van der Waals surface area contributed by atoms with Gasteiger partial charge in [-0.15, -0.1) is 0 Å². The highest BCUT2D eigenvalue weighted by atomic mass is 79.9. The van der Waals surface area contributed by atoms with E-state index in [1.54, 1.807) is 12.3 Å². The first kappa shape index (κ1) is 24.1. The number of fused-ring (bicyclic) bond motifs is 1. The largest absolute Gasteiger partial charge is 0.483 e. The van der Waals surface area contributed by atoms with Gasteiger partial charge in [-0.1, -0.05) is 34.5 Å². The van der Waals surface area contributed by atoms with Gasteiger partial charge in [0.1, 0.15) is 5.75 Å². The maximum atomic E-state index is 12.1. The number of ether oxygens (including phenoxy) is 1. The maximum Gasteiger partial charge on any atom is 0.277 e. The van der Waals surface area contributed by atoms with Crippen molar-refractivity contribution in [2.45, 2.75) is 45.6 Å². The number of rotatable bonds is 6. The Morgan fingerprint density at radius 2 is 2.10 bits per heavy atom. The molecule has 8 heteroatoms. The molecule has 0 saturated heterocycles. The topological polar surface area (TPSA) is 53.9 Å². The summed E-state index contributed by atoms with van der Waals surface area (Å²) in [6, 6.07) is 9.56. The number of nitrogens with one attached hydrogen (secondary N) is 1. The van der Waals surface area contributed by atoms with Crippen molar-refractivity contribution in [2.24, 2.45) is 5.10 Å². The van der Waals surface area contributed by atoms with Crippen molar-refractivity contribution in [3.8, 4) is 5.75 Å². The van der Waals surface area contributed by atoms with Crippen LogP contribution in [0.25, 0.3) is 0 Å². The smallest absolute Gasteiger partial charge is 0.277 e. The predicted molar refractivity (Wildman–Crippen MR) is 135 cm³/mol. The number of nitrogens with zero attached hydrogens (tertiary/aromatic N) is 2. The average molecular weight is 572 g/mol. The number of amides is 1. The molecule has 0 bridgehead atoms. The van der Waals surface area contributed by atoms with Crippen LogP contribution in [0.3, 0.4) is 0 Å². The fraction of sp³-hybridized carbons (Fsp3) is 0.391. The number of halogens is 3. The summed E-state index contributed by atoms with van der Waals surface area (Å²) in [5.74, 6) is 0.634. The standard InChI is InChI=1S/C23H26Br2ClN3O2/c1-5-29-20-10-19(26)15(8-17(20)14(2)11-23(29,3)4)12-27-28-22(30)13-31-21-7-6-16(24)9-18(21)25/h6-10,12,14H,5,11,13H2,1-4H3,(H,28,30)/b27-12+. The summed E-state index contributed by atoms with van der Waals surface area (Å²) in [5.41, 5.74) is 5.78. The van der Waals surface area contributed by atoms with E-state index in [1.807, 2.05) is 18.2 Å². The van der Waals surface area contributed by atoms with E-state index >= 15 is 0 Å². The Hall–Kier alpha value is -1.57. The molecule has 1 atom stereocenters. The van der Waals surface area contributed by atoms with Gasteiger partial charge in [0.2, 0.25) is 0 Å². The predicted octanol–water partition coefficient (Wildman–Crippen LogP) is 6.51. The van der Waals surface area contributed by atoms with Gasteiger partial charge in [-0.25, -0.2) is 5.43 Å². The van der Waals surface area contributed by atoms with Gasteiger partial charge in [-0.3, -0.25) is 4.79 Å². The fourth-order valence-corrected chi connectivity index (χ4v) is 5.53. The Bertz CT molecular complexity index is 1010. The van der Waals surface area contributed by atoms with Crippen LogP contribution < -0.4 is 15.1 Å². The molecule has 1 amide bonds. The van der Waals surface area contributed by atoms with E-state index < -0.39 is 0 Å². The van der Waals surface area contributed by atoms with Gasteiger partial charge < -0.3 is 9.64 Å². The molecule has 166 valence electrons. The van der Waals surface area contributed by atoms with Crippen LogP contribution in [0.2, 0.25) is 5.02 Å². The van der Waals surface area contributed by atoms with Crippen LogP contribution in [-0.4, -0.2) is 30.8 Å². The number of anilines is 1. The average Bonchev–Trinajstić information content (AvgIpc) is 2.68. The molecule has 0 radical (unpaired) electrons. The minimum atomic E-state index is -0.354. The van der Waals surface area contributed by atoms with Crippen molar-refractivity contribution in [3.63, 3.8) is 0 Å². The maximum absolute atomic E-state index is 12.1. The molecule has 3 rings (SSSR count). The SMILES string of the molecule is CCN1c2cc(Cl)c(/C=N/NC(=O)COc3ccc(Br)cc3Br)cc2C(C)CC1(C)C. The van der Waals surface area contributed by atoms with Crippen LogP contribution in [0.5, 0.6) is 5.75 Å². The number of hydrogen-bond donors (Lipinski definition) is 1. The highest BCUT2D eigenvalue weighted by molar-refractivity contribution is 9.11. The van der Waals surface area contributed by atoms with E-state index in [9.17, 15) is 4.79 Å². The van der Waals surface area contributed by atoms with Crippen LogP contribution in [0, 0.1) is 0 Å². The molecular weight excluding hydrogens is 546 g/mol. The third kappa shape index (κ3) is 5.62. The van der Waals surface area contributed by atoms with E-state index in [4.69, 9.17) is 16.3 Å². The summed E-state index contributed by atoms with van der Waals surface area (Å²) < 4.78 is 7.21. The zero-order chi connectivity index (χ0) is 22.8. The first-order valence-corrected chi connectivity index (χ1v) is 12.1. The minimum absolute atomic E-state index is 0.0813. The highest BCUT2D eigenvalue weighted by Crippen LogP contribution is 2.44. The van der Waals surface area contributed by atoms with Crippen molar-refractivity contribution in [1.29, 1.82) is 0 Å². The van der Waals surface area contributed by atoms with Crippen LogP contribution in [0.15, 0.2) is 44.4 Å². The van der Waals surface area contributed by atoms with E-state index in [1.165, 1.54) is 11.3 Å². The van der Waals surface area contributed by atoms with Gasteiger partial charge in [0.15, 0.2) is 6.61 Å². The second-order valence-corrected chi connectivity index (χ2v) is 10.4.